The molecule has 0 saturated heterocycles. The molecule has 0 bridgehead atoms. The van der Waals surface area contributed by atoms with Crippen molar-refractivity contribution in [1.29, 1.82) is 0 Å². The lowest BCUT2D eigenvalue weighted by Gasteiger charge is -2.19. The molecule has 0 aliphatic carbocycles. The van der Waals surface area contributed by atoms with E-state index in [2.05, 4.69) is 10.0 Å². The number of ether oxygens (including phenoxy) is 1. The molecular formula is C19H24N2O4S. The molecule has 0 radical (unpaired) electrons. The number of hydrogen-bond acceptors (Lipinski definition) is 4. The first-order chi connectivity index (χ1) is 12.3. The highest BCUT2D eigenvalue weighted by molar-refractivity contribution is 7.89. The summed E-state index contributed by atoms with van der Waals surface area (Å²) < 4.78 is 32.6. The summed E-state index contributed by atoms with van der Waals surface area (Å²) in [5.74, 6) is 0.199. The van der Waals surface area contributed by atoms with Crippen molar-refractivity contribution in [3.05, 3.63) is 60.2 Å². The minimum Gasteiger partial charge on any atom is -0.494 e. The molecule has 6 nitrogen and oxygen atoms in total. The second kappa shape index (κ2) is 8.82. The third-order valence-corrected chi connectivity index (χ3v) is 5.39. The van der Waals surface area contributed by atoms with E-state index in [4.69, 9.17) is 4.74 Å². The molecule has 2 rings (SSSR count). The minimum atomic E-state index is -3.80. The second-order valence-electron chi connectivity index (χ2n) is 5.89. The van der Waals surface area contributed by atoms with Crippen LogP contribution in [0.15, 0.2) is 59.5 Å². The first-order valence-electron chi connectivity index (χ1n) is 8.44. The average Bonchev–Trinajstić information content (AvgIpc) is 2.62. The van der Waals surface area contributed by atoms with Crippen molar-refractivity contribution >= 4 is 15.9 Å². The summed E-state index contributed by atoms with van der Waals surface area (Å²) in [6.07, 6.45) is 0. The van der Waals surface area contributed by atoms with Gasteiger partial charge in [-0.25, -0.2) is 8.42 Å². The van der Waals surface area contributed by atoms with E-state index in [9.17, 15) is 13.2 Å². The first kappa shape index (κ1) is 19.9. The van der Waals surface area contributed by atoms with E-state index < -0.39 is 22.0 Å². The van der Waals surface area contributed by atoms with E-state index in [1.54, 1.807) is 12.1 Å². The Morgan fingerprint density at radius 2 is 1.65 bits per heavy atom. The quantitative estimate of drug-likeness (QED) is 0.742. The second-order valence-corrected chi connectivity index (χ2v) is 7.60. The van der Waals surface area contributed by atoms with Gasteiger partial charge < -0.3 is 10.1 Å². The molecule has 140 valence electrons. The number of carbonyl (C=O) groups is 1. The van der Waals surface area contributed by atoms with Gasteiger partial charge in [0, 0.05) is 0 Å². The molecule has 0 spiro atoms. The van der Waals surface area contributed by atoms with Gasteiger partial charge in [-0.3, -0.25) is 4.79 Å². The Balaban J connectivity index is 2.00. The fourth-order valence-electron chi connectivity index (χ4n) is 2.40. The summed E-state index contributed by atoms with van der Waals surface area (Å²) in [7, 11) is -3.80. The highest BCUT2D eigenvalue weighted by Gasteiger charge is 2.23. The third kappa shape index (κ3) is 5.31. The average molecular weight is 376 g/mol. The van der Waals surface area contributed by atoms with Gasteiger partial charge in [0.1, 0.15) is 5.75 Å². The van der Waals surface area contributed by atoms with Crippen molar-refractivity contribution in [3.8, 4) is 5.75 Å². The van der Waals surface area contributed by atoms with Crippen molar-refractivity contribution in [2.45, 2.75) is 37.8 Å². The van der Waals surface area contributed by atoms with Crippen molar-refractivity contribution in [2.75, 3.05) is 6.61 Å². The number of rotatable bonds is 8. The molecular weight excluding hydrogens is 352 g/mol. The minimum absolute atomic E-state index is 0.0803. The molecule has 1 amide bonds. The molecule has 2 N–H and O–H groups in total. The zero-order valence-electron chi connectivity index (χ0n) is 15.1. The standard InChI is InChI=1S/C19H24N2O4S/c1-4-25-17-10-12-18(13-11-17)26(23,24)21-15(3)19(22)20-14(2)16-8-6-5-7-9-16/h5-15,21H,4H2,1-3H3,(H,20,22)/t14-,15+/m1/s1. The smallest absolute Gasteiger partial charge is 0.241 e. The molecule has 0 aliphatic rings. The van der Waals surface area contributed by atoms with Gasteiger partial charge in [0.25, 0.3) is 0 Å². The molecule has 7 heteroatoms. The maximum absolute atomic E-state index is 12.4. The molecule has 0 aliphatic heterocycles. The van der Waals surface area contributed by atoms with Crippen LogP contribution in [0.25, 0.3) is 0 Å². The number of carbonyl (C=O) groups excluding carboxylic acids is 1. The van der Waals surface area contributed by atoms with Crippen LogP contribution in [0.1, 0.15) is 32.4 Å². The summed E-state index contributed by atoms with van der Waals surface area (Å²) in [4.78, 5) is 12.4. The maximum atomic E-state index is 12.4. The molecule has 2 aromatic carbocycles. The van der Waals surface area contributed by atoms with Crippen molar-refractivity contribution in [1.82, 2.24) is 10.0 Å². The van der Waals surface area contributed by atoms with Crippen molar-refractivity contribution < 1.29 is 17.9 Å². The largest absolute Gasteiger partial charge is 0.494 e. The van der Waals surface area contributed by atoms with Crippen LogP contribution in [0.2, 0.25) is 0 Å². The predicted octanol–water partition coefficient (Wildman–Crippen LogP) is 2.63. The molecule has 26 heavy (non-hydrogen) atoms. The van der Waals surface area contributed by atoms with Gasteiger partial charge in [-0.15, -0.1) is 0 Å². The zero-order chi connectivity index (χ0) is 19.2. The van der Waals surface area contributed by atoms with Gasteiger partial charge in [-0.2, -0.15) is 4.72 Å². The van der Waals surface area contributed by atoms with Crippen LogP contribution in [-0.2, 0) is 14.8 Å². The van der Waals surface area contributed by atoms with E-state index in [0.717, 1.165) is 5.56 Å². The fourth-order valence-corrected chi connectivity index (χ4v) is 3.60. The summed E-state index contributed by atoms with van der Waals surface area (Å²) >= 11 is 0. The van der Waals surface area contributed by atoms with Gasteiger partial charge in [0.15, 0.2) is 0 Å². The van der Waals surface area contributed by atoms with E-state index in [0.29, 0.717) is 12.4 Å². The summed E-state index contributed by atoms with van der Waals surface area (Å²) in [6, 6.07) is 14.4. The highest BCUT2D eigenvalue weighted by Crippen LogP contribution is 2.16. The number of nitrogens with one attached hydrogen (secondary N) is 2. The summed E-state index contributed by atoms with van der Waals surface area (Å²) in [5, 5.41) is 2.81. The van der Waals surface area contributed by atoms with Crippen LogP contribution < -0.4 is 14.8 Å². The Hall–Kier alpha value is -2.38. The van der Waals surface area contributed by atoms with Gasteiger partial charge in [-0.05, 0) is 50.6 Å². The van der Waals surface area contributed by atoms with Crippen LogP contribution >= 0.6 is 0 Å². The van der Waals surface area contributed by atoms with E-state index in [1.165, 1.54) is 19.1 Å². The lowest BCUT2D eigenvalue weighted by Crippen LogP contribution is -2.45. The van der Waals surface area contributed by atoms with E-state index >= 15 is 0 Å². The van der Waals surface area contributed by atoms with Crippen molar-refractivity contribution in [3.63, 3.8) is 0 Å². The Morgan fingerprint density at radius 3 is 2.23 bits per heavy atom. The molecule has 0 heterocycles. The third-order valence-electron chi connectivity index (χ3n) is 3.83. The van der Waals surface area contributed by atoms with E-state index in [-0.39, 0.29) is 10.9 Å². The van der Waals surface area contributed by atoms with Crippen LogP contribution in [0.4, 0.5) is 0 Å². The number of amides is 1. The fraction of sp³-hybridized carbons (Fsp3) is 0.316. The predicted molar refractivity (Wildman–Crippen MR) is 100 cm³/mol. The topological polar surface area (TPSA) is 84.5 Å². The highest BCUT2D eigenvalue weighted by atomic mass is 32.2. The lowest BCUT2D eigenvalue weighted by atomic mass is 10.1. The van der Waals surface area contributed by atoms with Gasteiger partial charge >= 0.3 is 0 Å². The molecule has 0 aromatic heterocycles. The zero-order valence-corrected chi connectivity index (χ0v) is 15.9. The summed E-state index contributed by atoms with van der Waals surface area (Å²) in [5.41, 5.74) is 0.947. The van der Waals surface area contributed by atoms with Gasteiger partial charge in [0.2, 0.25) is 15.9 Å². The molecule has 0 fully saturated rings. The van der Waals surface area contributed by atoms with Crippen LogP contribution in [0.5, 0.6) is 5.75 Å². The Bertz CT molecular complexity index is 820. The first-order valence-corrected chi connectivity index (χ1v) is 9.92. The van der Waals surface area contributed by atoms with Crippen LogP contribution in [0.3, 0.4) is 0 Å². The van der Waals surface area contributed by atoms with Crippen molar-refractivity contribution in [2.24, 2.45) is 0 Å². The van der Waals surface area contributed by atoms with Crippen LogP contribution in [0, 0.1) is 0 Å². The Labute approximate surface area is 154 Å². The lowest BCUT2D eigenvalue weighted by molar-refractivity contribution is -0.123. The Morgan fingerprint density at radius 1 is 1.04 bits per heavy atom. The molecule has 0 saturated carbocycles. The number of hydrogen-bond donors (Lipinski definition) is 2. The summed E-state index contributed by atoms with van der Waals surface area (Å²) in [6.45, 7) is 5.71. The number of sulfonamides is 1. The van der Waals surface area contributed by atoms with Gasteiger partial charge in [-0.1, -0.05) is 30.3 Å². The Kier molecular flexibility index (Phi) is 6.76. The monoisotopic (exact) mass is 376 g/mol. The SMILES string of the molecule is CCOc1ccc(S(=O)(=O)N[C@@H](C)C(=O)N[C@H](C)c2ccccc2)cc1. The molecule has 2 aromatic rings. The molecule has 0 unspecified atom stereocenters. The van der Waals surface area contributed by atoms with E-state index in [1.807, 2.05) is 44.2 Å². The molecule has 2 atom stereocenters. The number of benzene rings is 2. The normalized spacial score (nSPS) is 13.7. The maximum Gasteiger partial charge on any atom is 0.241 e. The van der Waals surface area contributed by atoms with Crippen LogP contribution in [-0.4, -0.2) is 27.0 Å². The van der Waals surface area contributed by atoms with Gasteiger partial charge in [0.05, 0.1) is 23.6 Å².